The third-order valence-electron chi connectivity index (χ3n) is 3.35. The first-order valence-corrected chi connectivity index (χ1v) is 6.39. The highest BCUT2D eigenvalue weighted by Gasteiger charge is 2.25. The van der Waals surface area contributed by atoms with E-state index in [0.717, 1.165) is 5.56 Å². The van der Waals surface area contributed by atoms with Crippen LogP contribution in [0.1, 0.15) is 12.0 Å². The van der Waals surface area contributed by atoms with Crippen molar-refractivity contribution in [2.24, 2.45) is 11.7 Å². The van der Waals surface area contributed by atoms with Gasteiger partial charge in [0.05, 0.1) is 10.8 Å². The van der Waals surface area contributed by atoms with Gasteiger partial charge in [-0.05, 0) is 12.0 Å². The maximum atomic E-state index is 12.2. The zero-order valence-corrected chi connectivity index (χ0v) is 11.2. The van der Waals surface area contributed by atoms with Gasteiger partial charge < -0.3 is 10.6 Å². The molecule has 0 saturated carbocycles. The Hall–Kier alpha value is -2.21. The summed E-state index contributed by atoms with van der Waals surface area (Å²) in [5, 5.41) is 10.7. The van der Waals surface area contributed by atoms with Gasteiger partial charge in [0, 0.05) is 31.8 Å². The number of rotatable bonds is 4. The van der Waals surface area contributed by atoms with Gasteiger partial charge in [-0.2, -0.15) is 0 Å². The summed E-state index contributed by atoms with van der Waals surface area (Å²) in [7, 11) is 1.69. The Labute approximate surface area is 117 Å². The molecule has 2 unspecified atom stereocenters. The standard InChI is InChI=1S/C14H17N3O3/c1-16(14(18)11-5-6-12(15)8-11)9-10-3-2-4-13(7-10)17(19)20/h2-7,11-12H,8-9,15H2,1H3. The zero-order valence-electron chi connectivity index (χ0n) is 11.2. The lowest BCUT2D eigenvalue weighted by atomic mass is 10.1. The van der Waals surface area contributed by atoms with Crippen LogP contribution < -0.4 is 5.73 Å². The van der Waals surface area contributed by atoms with E-state index >= 15 is 0 Å². The van der Waals surface area contributed by atoms with Crippen molar-refractivity contribution in [2.75, 3.05) is 7.05 Å². The second-order valence-corrected chi connectivity index (χ2v) is 5.01. The monoisotopic (exact) mass is 275 g/mol. The molecule has 6 nitrogen and oxygen atoms in total. The number of hydrogen-bond donors (Lipinski definition) is 1. The lowest BCUT2D eigenvalue weighted by molar-refractivity contribution is -0.384. The molecule has 0 radical (unpaired) electrons. The van der Waals surface area contributed by atoms with Crippen LogP contribution in [-0.4, -0.2) is 28.8 Å². The van der Waals surface area contributed by atoms with Crippen LogP contribution in [0.2, 0.25) is 0 Å². The van der Waals surface area contributed by atoms with Gasteiger partial charge in [0.2, 0.25) is 5.91 Å². The molecule has 1 aliphatic rings. The van der Waals surface area contributed by atoms with E-state index in [1.54, 1.807) is 24.1 Å². The van der Waals surface area contributed by atoms with Gasteiger partial charge in [0.15, 0.2) is 0 Å². The molecule has 1 aliphatic carbocycles. The van der Waals surface area contributed by atoms with E-state index < -0.39 is 4.92 Å². The molecule has 0 saturated heterocycles. The van der Waals surface area contributed by atoms with Crippen LogP contribution in [0.5, 0.6) is 0 Å². The zero-order chi connectivity index (χ0) is 14.7. The number of nitro groups is 1. The fourth-order valence-electron chi connectivity index (χ4n) is 2.31. The van der Waals surface area contributed by atoms with Crippen molar-refractivity contribution in [1.82, 2.24) is 4.90 Å². The Kier molecular flexibility index (Phi) is 4.14. The van der Waals surface area contributed by atoms with E-state index in [1.165, 1.54) is 12.1 Å². The molecule has 0 heterocycles. The van der Waals surface area contributed by atoms with Gasteiger partial charge in [0.25, 0.3) is 5.69 Å². The first kappa shape index (κ1) is 14.2. The summed E-state index contributed by atoms with van der Waals surface area (Å²) < 4.78 is 0. The fourth-order valence-corrected chi connectivity index (χ4v) is 2.31. The van der Waals surface area contributed by atoms with Crippen LogP contribution in [0.4, 0.5) is 5.69 Å². The molecule has 106 valence electrons. The first-order chi connectivity index (χ1) is 9.47. The number of carbonyl (C=O) groups excluding carboxylic acids is 1. The van der Waals surface area contributed by atoms with Gasteiger partial charge in [0.1, 0.15) is 0 Å². The second kappa shape index (κ2) is 5.83. The van der Waals surface area contributed by atoms with Crippen molar-refractivity contribution in [3.05, 3.63) is 52.1 Å². The average Bonchev–Trinajstić information content (AvgIpc) is 2.84. The van der Waals surface area contributed by atoms with E-state index in [4.69, 9.17) is 5.73 Å². The van der Waals surface area contributed by atoms with E-state index in [-0.39, 0.29) is 23.6 Å². The van der Waals surface area contributed by atoms with Crippen molar-refractivity contribution in [1.29, 1.82) is 0 Å². The van der Waals surface area contributed by atoms with Crippen molar-refractivity contribution in [3.63, 3.8) is 0 Å². The van der Waals surface area contributed by atoms with Gasteiger partial charge >= 0.3 is 0 Å². The fraction of sp³-hybridized carbons (Fsp3) is 0.357. The predicted octanol–water partition coefficient (Wildman–Crippen LogP) is 1.46. The summed E-state index contributed by atoms with van der Waals surface area (Å²) >= 11 is 0. The minimum Gasteiger partial charge on any atom is -0.341 e. The van der Waals surface area contributed by atoms with Crippen LogP contribution in [0.3, 0.4) is 0 Å². The molecular formula is C14H17N3O3. The molecule has 6 heteroatoms. The molecule has 0 aliphatic heterocycles. The van der Waals surface area contributed by atoms with Crippen LogP contribution in [-0.2, 0) is 11.3 Å². The van der Waals surface area contributed by atoms with E-state index in [1.807, 2.05) is 12.2 Å². The van der Waals surface area contributed by atoms with Crippen molar-refractivity contribution < 1.29 is 9.72 Å². The third-order valence-corrected chi connectivity index (χ3v) is 3.35. The number of amides is 1. The number of nitrogens with zero attached hydrogens (tertiary/aromatic N) is 2. The maximum Gasteiger partial charge on any atom is 0.269 e. The lowest BCUT2D eigenvalue weighted by Gasteiger charge is -2.20. The summed E-state index contributed by atoms with van der Waals surface area (Å²) in [5.74, 6) is -0.200. The predicted molar refractivity (Wildman–Crippen MR) is 74.8 cm³/mol. The number of carbonyl (C=O) groups is 1. The summed E-state index contributed by atoms with van der Waals surface area (Å²) in [6, 6.07) is 6.25. The summed E-state index contributed by atoms with van der Waals surface area (Å²) in [6.07, 6.45) is 4.29. The summed E-state index contributed by atoms with van der Waals surface area (Å²) in [5.41, 5.74) is 6.51. The molecule has 1 amide bonds. The quantitative estimate of drug-likeness (QED) is 0.511. The number of hydrogen-bond acceptors (Lipinski definition) is 4. The third kappa shape index (κ3) is 3.21. The Morgan fingerprint density at radius 2 is 2.25 bits per heavy atom. The molecule has 2 atom stereocenters. The topological polar surface area (TPSA) is 89.5 Å². The van der Waals surface area contributed by atoms with Crippen molar-refractivity contribution in [2.45, 2.75) is 19.0 Å². The number of non-ortho nitro benzene ring substituents is 1. The Morgan fingerprint density at radius 1 is 1.50 bits per heavy atom. The van der Waals surface area contributed by atoms with Crippen LogP contribution >= 0.6 is 0 Å². The highest BCUT2D eigenvalue weighted by Crippen LogP contribution is 2.20. The van der Waals surface area contributed by atoms with Crippen LogP contribution in [0.15, 0.2) is 36.4 Å². The molecule has 1 aromatic rings. The molecule has 0 aromatic heterocycles. The molecule has 1 aromatic carbocycles. The number of benzene rings is 1. The van der Waals surface area contributed by atoms with Gasteiger partial charge in [-0.25, -0.2) is 0 Å². The highest BCUT2D eigenvalue weighted by atomic mass is 16.6. The second-order valence-electron chi connectivity index (χ2n) is 5.01. The summed E-state index contributed by atoms with van der Waals surface area (Å²) in [4.78, 5) is 24.1. The first-order valence-electron chi connectivity index (χ1n) is 6.39. The molecule has 20 heavy (non-hydrogen) atoms. The highest BCUT2D eigenvalue weighted by molar-refractivity contribution is 5.81. The Balaban J connectivity index is 2.02. The lowest BCUT2D eigenvalue weighted by Crippen LogP contribution is -2.32. The van der Waals surface area contributed by atoms with Gasteiger partial charge in [-0.1, -0.05) is 24.3 Å². The van der Waals surface area contributed by atoms with Crippen LogP contribution in [0, 0.1) is 16.0 Å². The van der Waals surface area contributed by atoms with E-state index in [9.17, 15) is 14.9 Å². The molecule has 2 N–H and O–H groups in total. The van der Waals surface area contributed by atoms with Crippen molar-refractivity contribution in [3.8, 4) is 0 Å². The normalized spacial score (nSPS) is 20.9. The maximum absolute atomic E-state index is 12.2. The Morgan fingerprint density at radius 3 is 2.85 bits per heavy atom. The Bertz CT molecular complexity index is 556. The molecule has 0 bridgehead atoms. The van der Waals surface area contributed by atoms with Crippen LogP contribution in [0.25, 0.3) is 0 Å². The van der Waals surface area contributed by atoms with Crippen molar-refractivity contribution >= 4 is 11.6 Å². The molecular weight excluding hydrogens is 258 g/mol. The van der Waals surface area contributed by atoms with E-state index in [2.05, 4.69) is 0 Å². The van der Waals surface area contributed by atoms with Gasteiger partial charge in [-0.3, -0.25) is 14.9 Å². The smallest absolute Gasteiger partial charge is 0.269 e. The molecule has 2 rings (SSSR count). The SMILES string of the molecule is CN(Cc1cccc([N+](=O)[O-])c1)C(=O)C1C=CC(N)C1. The largest absolute Gasteiger partial charge is 0.341 e. The summed E-state index contributed by atoms with van der Waals surface area (Å²) in [6.45, 7) is 0.347. The van der Waals surface area contributed by atoms with E-state index in [0.29, 0.717) is 13.0 Å². The average molecular weight is 275 g/mol. The molecule has 0 spiro atoms. The number of nitro benzene ring substituents is 1. The number of nitrogens with two attached hydrogens (primary N) is 1. The minimum absolute atomic E-state index is 0.0132. The van der Waals surface area contributed by atoms with Gasteiger partial charge in [-0.15, -0.1) is 0 Å². The minimum atomic E-state index is -0.440. The molecule has 0 fully saturated rings.